The van der Waals surface area contributed by atoms with Crippen LogP contribution in [0.3, 0.4) is 0 Å². The molecule has 0 spiro atoms. The van der Waals surface area contributed by atoms with Gasteiger partial charge in [0.1, 0.15) is 6.61 Å². The van der Waals surface area contributed by atoms with Crippen molar-refractivity contribution >= 4 is 5.91 Å². The lowest BCUT2D eigenvalue weighted by Gasteiger charge is -2.18. The third-order valence-electron chi connectivity index (χ3n) is 3.75. The van der Waals surface area contributed by atoms with Gasteiger partial charge in [0.05, 0.1) is 6.54 Å². The zero-order valence-electron chi connectivity index (χ0n) is 12.6. The van der Waals surface area contributed by atoms with Crippen molar-refractivity contribution in [2.24, 2.45) is 5.92 Å². The van der Waals surface area contributed by atoms with Gasteiger partial charge in [0.15, 0.2) is 0 Å². The highest BCUT2D eigenvalue weighted by atomic mass is 19.4. The van der Waals surface area contributed by atoms with Crippen LogP contribution in [0.1, 0.15) is 31.5 Å². The number of nitrogens with one attached hydrogen (secondary N) is 1. The molecule has 1 aliphatic rings. The third-order valence-corrected chi connectivity index (χ3v) is 3.75. The molecule has 2 atom stereocenters. The average Bonchev–Trinajstić information content (AvgIpc) is 3.07. The molecule has 0 saturated carbocycles. The van der Waals surface area contributed by atoms with E-state index in [9.17, 15) is 18.0 Å². The first kappa shape index (κ1) is 17.7. The molecule has 10 heteroatoms. The van der Waals surface area contributed by atoms with E-state index >= 15 is 0 Å². The van der Waals surface area contributed by atoms with Crippen molar-refractivity contribution < 1.29 is 27.6 Å². The van der Waals surface area contributed by atoms with Gasteiger partial charge in [-0.25, -0.2) is 0 Å². The smallest absolute Gasteiger partial charge is 0.387 e. The molecule has 1 aliphatic heterocycles. The minimum absolute atomic E-state index is 0.0921. The van der Waals surface area contributed by atoms with E-state index in [2.05, 4.69) is 20.0 Å². The molecule has 1 aromatic heterocycles. The second-order valence-corrected chi connectivity index (χ2v) is 5.58. The molecule has 2 unspecified atom stereocenters. The molecule has 130 valence electrons. The predicted molar refractivity (Wildman–Crippen MR) is 72.0 cm³/mol. The molecule has 0 radical (unpaired) electrons. The van der Waals surface area contributed by atoms with Crippen LogP contribution in [0, 0.1) is 5.92 Å². The third kappa shape index (κ3) is 4.64. The van der Waals surface area contributed by atoms with Gasteiger partial charge in [-0.05, 0) is 12.3 Å². The minimum atomic E-state index is -4.63. The summed E-state index contributed by atoms with van der Waals surface area (Å²) in [6.45, 7) is 2.58. The fraction of sp³-hybridized carbons (Fsp3) is 0.769. The summed E-state index contributed by atoms with van der Waals surface area (Å²) in [5.74, 6) is -1.70. The van der Waals surface area contributed by atoms with Crippen LogP contribution in [-0.4, -0.2) is 51.8 Å². The maximum absolute atomic E-state index is 12.5. The van der Waals surface area contributed by atoms with Crippen molar-refractivity contribution in [1.82, 2.24) is 20.4 Å². The molecule has 7 nitrogen and oxygen atoms in total. The number of carbonyl (C=O) groups is 1. The molecule has 2 N–H and O–H groups in total. The molecule has 1 aromatic rings. The number of hydrogen-bond donors (Lipinski definition) is 2. The molecule has 23 heavy (non-hydrogen) atoms. The summed E-state index contributed by atoms with van der Waals surface area (Å²) in [4.78, 5) is 16.6. The summed E-state index contributed by atoms with van der Waals surface area (Å²) in [7, 11) is 0. The standard InChI is InChI=1S/C13H19F3N4O3/c1-2-3-8-4-20(5-9(8)17-10(22)7-21)6-11-18-12(19-23-11)13(14,15)16/h8-9,21H,2-7H2,1H3,(H,17,22). The van der Waals surface area contributed by atoms with E-state index in [1.165, 1.54) is 0 Å². The Kier molecular flexibility index (Phi) is 5.58. The van der Waals surface area contributed by atoms with Gasteiger partial charge in [0, 0.05) is 19.1 Å². The number of nitrogens with zero attached hydrogens (tertiary/aromatic N) is 3. The second kappa shape index (κ2) is 7.26. The number of halogens is 3. The molecule has 0 bridgehead atoms. The fourth-order valence-corrected chi connectivity index (χ4v) is 2.79. The Morgan fingerprint density at radius 3 is 2.78 bits per heavy atom. The van der Waals surface area contributed by atoms with Gasteiger partial charge >= 0.3 is 6.18 Å². The van der Waals surface area contributed by atoms with Crippen molar-refractivity contribution in [3.05, 3.63) is 11.7 Å². The van der Waals surface area contributed by atoms with Gasteiger partial charge in [-0.15, -0.1) is 0 Å². The number of rotatable bonds is 6. The van der Waals surface area contributed by atoms with Crippen molar-refractivity contribution in [1.29, 1.82) is 0 Å². The Morgan fingerprint density at radius 1 is 1.48 bits per heavy atom. The summed E-state index contributed by atoms with van der Waals surface area (Å²) in [5, 5.41) is 14.5. The van der Waals surface area contributed by atoms with Gasteiger partial charge in [0.25, 0.3) is 5.82 Å². The first-order valence-electron chi connectivity index (χ1n) is 7.35. The van der Waals surface area contributed by atoms with Gasteiger partial charge in [-0.3, -0.25) is 9.69 Å². The number of likely N-dealkylation sites (tertiary alicyclic amines) is 1. The van der Waals surface area contributed by atoms with Crippen LogP contribution in [0.25, 0.3) is 0 Å². The number of aliphatic hydroxyl groups excluding tert-OH is 1. The first-order valence-corrected chi connectivity index (χ1v) is 7.35. The number of aromatic nitrogens is 2. The molecule has 1 amide bonds. The van der Waals surface area contributed by atoms with Crippen molar-refractivity contribution in [2.45, 2.75) is 38.5 Å². The van der Waals surface area contributed by atoms with E-state index in [4.69, 9.17) is 5.11 Å². The maximum Gasteiger partial charge on any atom is 0.455 e. The minimum Gasteiger partial charge on any atom is -0.387 e. The van der Waals surface area contributed by atoms with Crippen molar-refractivity contribution in [2.75, 3.05) is 19.7 Å². The summed E-state index contributed by atoms with van der Waals surface area (Å²) in [6.07, 6.45) is -2.84. The molecule has 1 saturated heterocycles. The number of amides is 1. The zero-order valence-corrected chi connectivity index (χ0v) is 12.6. The second-order valence-electron chi connectivity index (χ2n) is 5.58. The zero-order chi connectivity index (χ0) is 17.0. The number of aliphatic hydroxyl groups is 1. The summed E-state index contributed by atoms with van der Waals surface area (Å²) >= 11 is 0. The largest absolute Gasteiger partial charge is 0.455 e. The normalized spacial score (nSPS) is 22.5. The van der Waals surface area contributed by atoms with Gasteiger partial charge in [-0.2, -0.15) is 18.2 Å². The molecule has 2 heterocycles. The fourth-order valence-electron chi connectivity index (χ4n) is 2.79. The monoisotopic (exact) mass is 336 g/mol. The SMILES string of the molecule is CCCC1CN(Cc2nc(C(F)(F)F)no2)CC1NC(=O)CO. The summed E-state index contributed by atoms with van der Waals surface area (Å²) in [6, 6.07) is -0.153. The average molecular weight is 336 g/mol. The van der Waals surface area contributed by atoms with E-state index in [-0.39, 0.29) is 24.4 Å². The lowest BCUT2D eigenvalue weighted by Crippen LogP contribution is -2.41. The van der Waals surface area contributed by atoms with Crippen LogP contribution >= 0.6 is 0 Å². The lowest BCUT2D eigenvalue weighted by atomic mass is 9.98. The van der Waals surface area contributed by atoms with Crippen LogP contribution in [0.5, 0.6) is 0 Å². The van der Waals surface area contributed by atoms with Gasteiger partial charge in [0.2, 0.25) is 11.8 Å². The lowest BCUT2D eigenvalue weighted by molar-refractivity contribution is -0.146. The van der Waals surface area contributed by atoms with Crippen LogP contribution in [0.2, 0.25) is 0 Å². The number of alkyl halides is 3. The number of carbonyl (C=O) groups excluding carboxylic acids is 1. The summed E-state index contributed by atoms with van der Waals surface area (Å²) in [5.41, 5.74) is 0. The van der Waals surface area contributed by atoms with Crippen LogP contribution in [0.4, 0.5) is 13.2 Å². The Hall–Kier alpha value is -1.68. The van der Waals surface area contributed by atoms with E-state index in [1.807, 2.05) is 11.8 Å². The first-order chi connectivity index (χ1) is 10.8. The highest BCUT2D eigenvalue weighted by Crippen LogP contribution is 2.27. The number of hydrogen-bond acceptors (Lipinski definition) is 6. The van der Waals surface area contributed by atoms with E-state index < -0.39 is 24.5 Å². The Balaban J connectivity index is 1.98. The van der Waals surface area contributed by atoms with E-state index in [0.717, 1.165) is 12.8 Å². The van der Waals surface area contributed by atoms with E-state index in [0.29, 0.717) is 13.1 Å². The molecule has 0 aromatic carbocycles. The molecular formula is C13H19F3N4O3. The summed E-state index contributed by atoms with van der Waals surface area (Å²) < 4.78 is 42.0. The predicted octanol–water partition coefficient (Wildman–Crippen LogP) is 0.797. The van der Waals surface area contributed by atoms with Crippen LogP contribution < -0.4 is 5.32 Å². The topological polar surface area (TPSA) is 91.5 Å². The molecule has 2 rings (SSSR count). The van der Waals surface area contributed by atoms with Gasteiger partial charge in [-0.1, -0.05) is 18.5 Å². The van der Waals surface area contributed by atoms with Crippen molar-refractivity contribution in [3.8, 4) is 0 Å². The van der Waals surface area contributed by atoms with E-state index in [1.54, 1.807) is 0 Å². The molecule has 0 aliphatic carbocycles. The van der Waals surface area contributed by atoms with Crippen LogP contribution in [0.15, 0.2) is 4.52 Å². The molecular weight excluding hydrogens is 317 g/mol. The Bertz CT molecular complexity index is 535. The maximum atomic E-state index is 12.5. The Labute approximate surface area is 130 Å². The Morgan fingerprint density at radius 2 is 2.22 bits per heavy atom. The molecule has 1 fully saturated rings. The van der Waals surface area contributed by atoms with Gasteiger partial charge < -0.3 is 14.9 Å². The highest BCUT2D eigenvalue weighted by Gasteiger charge is 2.38. The van der Waals surface area contributed by atoms with Crippen molar-refractivity contribution in [3.63, 3.8) is 0 Å². The highest BCUT2D eigenvalue weighted by molar-refractivity contribution is 5.77. The van der Waals surface area contributed by atoms with Crippen LogP contribution in [-0.2, 0) is 17.5 Å². The quantitative estimate of drug-likeness (QED) is 0.798.